The Morgan fingerprint density at radius 2 is 0.581 bits per heavy atom. The zero-order valence-corrected chi connectivity index (χ0v) is 51.7. The number of esters is 1. The van der Waals surface area contributed by atoms with E-state index in [4.69, 9.17) is 9.84 Å². The Hall–Kier alpha value is -2.62. The highest BCUT2D eigenvalue weighted by Crippen LogP contribution is 2.34. The zero-order chi connectivity index (χ0) is 55.2. The van der Waals surface area contributed by atoms with Gasteiger partial charge in [0.25, 0.3) is 0 Å². The van der Waals surface area contributed by atoms with Crippen molar-refractivity contribution in [2.75, 3.05) is 0 Å². The Bertz CT molecular complexity index is 1400. The molecule has 0 unspecified atom stereocenters. The first-order valence-corrected chi connectivity index (χ1v) is 32.0. The predicted octanol–water partition coefficient (Wildman–Crippen LogP) is 24.3. The number of carboxylic acid groups (broad SMARTS) is 1. The summed E-state index contributed by atoms with van der Waals surface area (Å²) in [6.07, 6.45) is 66.1. The third-order valence-corrected chi connectivity index (χ3v) is 15.0. The van der Waals surface area contributed by atoms with Gasteiger partial charge in [0.15, 0.2) is 0 Å². The molecular weight excluding hydrogens is 905 g/mol. The monoisotopic (exact) mass is 1030 g/mol. The van der Waals surface area contributed by atoms with Crippen LogP contribution in [0.3, 0.4) is 0 Å². The van der Waals surface area contributed by atoms with E-state index in [1.54, 1.807) is 0 Å². The first-order valence-electron chi connectivity index (χ1n) is 32.0. The lowest BCUT2D eigenvalue weighted by molar-refractivity contribution is -0.163. The second-order valence-corrected chi connectivity index (χ2v) is 23.5. The molecule has 0 fully saturated rings. The largest absolute Gasteiger partial charge is 0.481 e. The van der Waals surface area contributed by atoms with Gasteiger partial charge in [-0.1, -0.05) is 245 Å². The molecule has 0 spiro atoms. The van der Waals surface area contributed by atoms with Crippen LogP contribution in [0.25, 0.3) is 0 Å². The summed E-state index contributed by atoms with van der Waals surface area (Å²) in [5.74, 6) is -0.639. The number of hydrogen-bond donors (Lipinski definition) is 1. The molecule has 0 bridgehead atoms. The lowest BCUT2D eigenvalue weighted by atomic mass is 9.84. The van der Waals surface area contributed by atoms with Gasteiger partial charge in [-0.25, -0.2) is 0 Å². The number of ether oxygens (including phenoxy) is 1. The standard InChI is InChI=1S/C40H78O4.C30H50/c1-4-7-10-13-16-19-22-27-32-37-40(35-30-25-14-11-8-5-2,36-31-26-15-12-9-6-3)44-39(43)34-29-24-21-18-17-20-23-28-33-38(41)42;1-25(2)15-11-19-29(7)23-13-21-27(5)17-9-10-18-28(6)22-14-24-30(8)20-12-16-26(3)4/h4-37H2,1-3H3,(H,41,42);15-18,23-24H,9-14,19-22H2,1-8H3/b;27-17+,28-18+,29-23+,30-24+. The first kappa shape index (κ1) is 73.5. The van der Waals surface area contributed by atoms with Gasteiger partial charge in [0.2, 0.25) is 0 Å². The van der Waals surface area contributed by atoms with E-state index < -0.39 is 5.97 Å². The molecule has 0 radical (unpaired) electrons. The van der Waals surface area contributed by atoms with E-state index in [2.05, 4.69) is 113 Å². The number of aliphatic carboxylic acids is 1. The minimum atomic E-state index is -0.687. The smallest absolute Gasteiger partial charge is 0.306 e. The summed E-state index contributed by atoms with van der Waals surface area (Å²) < 4.78 is 6.57. The number of carboxylic acids is 1. The molecule has 0 aromatic heterocycles. The number of rotatable bonds is 51. The van der Waals surface area contributed by atoms with Gasteiger partial charge >= 0.3 is 11.9 Å². The lowest BCUT2D eigenvalue weighted by Crippen LogP contribution is -2.35. The molecule has 0 aromatic carbocycles. The molecule has 432 valence electrons. The third-order valence-electron chi connectivity index (χ3n) is 15.0. The van der Waals surface area contributed by atoms with Gasteiger partial charge < -0.3 is 9.84 Å². The van der Waals surface area contributed by atoms with Crippen LogP contribution in [0.15, 0.2) is 69.9 Å². The molecule has 0 aliphatic rings. The fourth-order valence-electron chi connectivity index (χ4n) is 9.98. The molecule has 4 heteroatoms. The van der Waals surface area contributed by atoms with Gasteiger partial charge in [-0.05, 0) is 171 Å². The van der Waals surface area contributed by atoms with Crippen molar-refractivity contribution in [2.24, 2.45) is 0 Å². The Kier molecular flexibility index (Phi) is 54.7. The van der Waals surface area contributed by atoms with E-state index in [0.29, 0.717) is 12.8 Å². The fraction of sp³-hybridized carbons (Fsp3) is 0.800. The lowest BCUT2D eigenvalue weighted by Gasteiger charge is -2.34. The summed E-state index contributed by atoms with van der Waals surface area (Å²) in [5.41, 5.74) is 8.72. The topological polar surface area (TPSA) is 63.6 Å². The number of hydrogen-bond acceptors (Lipinski definition) is 3. The second-order valence-electron chi connectivity index (χ2n) is 23.5. The van der Waals surface area contributed by atoms with E-state index >= 15 is 0 Å². The molecule has 0 saturated heterocycles. The zero-order valence-electron chi connectivity index (χ0n) is 51.7. The van der Waals surface area contributed by atoms with Crippen LogP contribution < -0.4 is 0 Å². The quantitative estimate of drug-likeness (QED) is 0.0375. The van der Waals surface area contributed by atoms with Gasteiger partial charge in [-0.15, -0.1) is 0 Å². The van der Waals surface area contributed by atoms with Gasteiger partial charge in [-0.2, -0.15) is 0 Å². The summed E-state index contributed by atoms with van der Waals surface area (Å²) in [6.45, 7) is 24.7. The minimum absolute atomic E-state index is 0.0477. The summed E-state index contributed by atoms with van der Waals surface area (Å²) >= 11 is 0. The average molecular weight is 1030 g/mol. The highest BCUT2D eigenvalue weighted by molar-refractivity contribution is 5.69. The average Bonchev–Trinajstić information content (AvgIpc) is 3.35. The molecule has 0 heterocycles. The molecular formula is C70H128O4. The van der Waals surface area contributed by atoms with Crippen molar-refractivity contribution in [3.8, 4) is 0 Å². The van der Waals surface area contributed by atoms with Crippen molar-refractivity contribution in [1.82, 2.24) is 0 Å². The third kappa shape index (κ3) is 55.6. The predicted molar refractivity (Wildman–Crippen MR) is 331 cm³/mol. The maximum absolute atomic E-state index is 13.3. The summed E-state index contributed by atoms with van der Waals surface area (Å²) in [5, 5.41) is 8.76. The minimum Gasteiger partial charge on any atom is -0.481 e. The van der Waals surface area contributed by atoms with Crippen LogP contribution in [0, 0.1) is 0 Å². The number of unbranched alkanes of at least 4 members (excludes halogenated alkanes) is 26. The van der Waals surface area contributed by atoms with E-state index in [0.717, 1.165) is 57.8 Å². The summed E-state index contributed by atoms with van der Waals surface area (Å²) in [4.78, 5) is 23.9. The van der Waals surface area contributed by atoms with Crippen LogP contribution in [0.5, 0.6) is 0 Å². The van der Waals surface area contributed by atoms with Crippen LogP contribution in [-0.2, 0) is 14.3 Å². The van der Waals surface area contributed by atoms with Crippen molar-refractivity contribution in [3.63, 3.8) is 0 Å². The Morgan fingerprint density at radius 3 is 0.878 bits per heavy atom. The van der Waals surface area contributed by atoms with Crippen molar-refractivity contribution >= 4 is 11.9 Å². The van der Waals surface area contributed by atoms with Gasteiger partial charge in [0.1, 0.15) is 5.60 Å². The van der Waals surface area contributed by atoms with Crippen molar-refractivity contribution in [1.29, 1.82) is 0 Å². The van der Waals surface area contributed by atoms with Gasteiger partial charge in [-0.3, -0.25) is 9.59 Å². The Balaban J connectivity index is 0. The molecule has 0 atom stereocenters. The molecule has 0 saturated carbocycles. The van der Waals surface area contributed by atoms with Crippen molar-refractivity contribution < 1.29 is 19.4 Å². The molecule has 4 nitrogen and oxygen atoms in total. The van der Waals surface area contributed by atoms with Crippen LogP contribution in [0.4, 0.5) is 0 Å². The van der Waals surface area contributed by atoms with E-state index in [-0.39, 0.29) is 11.6 Å². The SMILES string of the molecule is CC(C)=CCC/C(C)=C/CC/C(C)=C/CC/C=C(\C)CC/C=C(\C)CCC=C(C)C.CCCCCCCCCCCC(CCCCCCCC)(CCCCCCCC)OC(=O)CCCCCCCCCCC(=O)O. The van der Waals surface area contributed by atoms with Crippen molar-refractivity contribution in [2.45, 2.75) is 364 Å². The summed E-state index contributed by atoms with van der Waals surface area (Å²) in [6, 6.07) is 0. The Morgan fingerprint density at radius 1 is 0.324 bits per heavy atom. The van der Waals surface area contributed by atoms with Crippen LogP contribution in [0.2, 0.25) is 0 Å². The molecule has 1 N–H and O–H groups in total. The van der Waals surface area contributed by atoms with E-state index in [9.17, 15) is 9.59 Å². The highest BCUT2D eigenvalue weighted by atomic mass is 16.6. The highest BCUT2D eigenvalue weighted by Gasteiger charge is 2.33. The first-order chi connectivity index (χ1) is 35.7. The maximum atomic E-state index is 13.3. The molecule has 0 rings (SSSR count). The number of carbonyl (C=O) groups is 2. The van der Waals surface area contributed by atoms with Crippen LogP contribution in [0.1, 0.15) is 359 Å². The number of carbonyl (C=O) groups excluding carboxylic acids is 1. The fourth-order valence-corrected chi connectivity index (χ4v) is 9.98. The van der Waals surface area contributed by atoms with Gasteiger partial charge in [0, 0.05) is 12.8 Å². The normalized spacial score (nSPS) is 12.4. The van der Waals surface area contributed by atoms with Gasteiger partial charge in [0.05, 0.1) is 0 Å². The number of allylic oxidation sites excluding steroid dienone is 12. The molecule has 0 amide bonds. The maximum Gasteiger partial charge on any atom is 0.306 e. The van der Waals surface area contributed by atoms with Crippen LogP contribution in [-0.4, -0.2) is 22.6 Å². The molecule has 0 aliphatic carbocycles. The molecule has 0 aliphatic heterocycles. The second kappa shape index (κ2) is 55.1. The Labute approximate surface area is 463 Å². The molecule has 74 heavy (non-hydrogen) atoms. The van der Waals surface area contributed by atoms with Crippen LogP contribution >= 0.6 is 0 Å². The van der Waals surface area contributed by atoms with E-state index in [1.807, 2.05) is 0 Å². The van der Waals surface area contributed by atoms with E-state index in [1.165, 1.54) is 245 Å². The summed E-state index contributed by atoms with van der Waals surface area (Å²) in [7, 11) is 0. The molecule has 0 aromatic rings. The van der Waals surface area contributed by atoms with Crippen molar-refractivity contribution in [3.05, 3.63) is 69.9 Å².